The van der Waals surface area contributed by atoms with E-state index < -0.39 is 17.6 Å². The fourth-order valence-electron chi connectivity index (χ4n) is 3.58. The van der Waals surface area contributed by atoms with E-state index in [1.54, 1.807) is 28.1 Å². The lowest BCUT2D eigenvalue weighted by atomic mass is 10.2. The third kappa shape index (κ3) is 4.19. The van der Waals surface area contributed by atoms with Crippen LogP contribution in [-0.2, 0) is 24.1 Å². The van der Waals surface area contributed by atoms with Crippen molar-refractivity contribution in [2.75, 3.05) is 5.32 Å². The Bertz CT molecular complexity index is 1550. The maximum atomic E-state index is 13.2. The Hall–Kier alpha value is -3.93. The number of carbonyl (C=O) groups is 1. The second kappa shape index (κ2) is 8.45. The van der Waals surface area contributed by atoms with Crippen molar-refractivity contribution in [2.45, 2.75) is 25.7 Å². The van der Waals surface area contributed by atoms with Crippen molar-refractivity contribution in [3.8, 4) is 0 Å². The Labute approximate surface area is 193 Å². The van der Waals surface area contributed by atoms with Gasteiger partial charge in [0.05, 0.1) is 41.1 Å². The first-order valence-corrected chi connectivity index (χ1v) is 11.0. The van der Waals surface area contributed by atoms with Gasteiger partial charge in [-0.2, -0.15) is 13.2 Å². The molecule has 0 bridgehead atoms. The summed E-state index contributed by atoms with van der Waals surface area (Å²) in [6.07, 6.45) is -1.72. The van der Waals surface area contributed by atoms with Gasteiger partial charge in [0.25, 0.3) is 5.56 Å². The Kier molecular flexibility index (Phi) is 5.44. The number of imidazole rings is 1. The number of hydrogen-bond acceptors (Lipinski definition) is 6. The van der Waals surface area contributed by atoms with E-state index in [0.29, 0.717) is 21.5 Å². The molecular formula is C22H16F3N5O3S. The molecule has 5 aromatic rings. The molecule has 8 nitrogen and oxygen atoms in total. The van der Waals surface area contributed by atoms with Crippen molar-refractivity contribution in [3.63, 3.8) is 0 Å². The van der Waals surface area contributed by atoms with E-state index in [-0.39, 0.29) is 36.5 Å². The van der Waals surface area contributed by atoms with Crippen LogP contribution < -0.4 is 10.9 Å². The van der Waals surface area contributed by atoms with Crippen LogP contribution in [0.4, 0.5) is 19.1 Å². The molecule has 1 amide bonds. The number of anilines is 1. The number of thiophene rings is 1. The Morgan fingerprint density at radius 3 is 2.82 bits per heavy atom. The number of rotatable bonds is 6. The fourth-order valence-corrected chi connectivity index (χ4v) is 4.31. The summed E-state index contributed by atoms with van der Waals surface area (Å²) in [4.78, 5) is 34.2. The summed E-state index contributed by atoms with van der Waals surface area (Å²) in [6.45, 7) is 0.239. The molecule has 0 aliphatic heterocycles. The normalized spacial score (nSPS) is 12.0. The first kappa shape index (κ1) is 21.9. The van der Waals surface area contributed by atoms with Crippen LogP contribution in [-0.4, -0.2) is 25.0 Å². The highest BCUT2D eigenvalue weighted by Crippen LogP contribution is 2.32. The highest BCUT2D eigenvalue weighted by molar-refractivity contribution is 7.16. The zero-order chi connectivity index (χ0) is 23.9. The first-order chi connectivity index (χ1) is 16.3. The van der Waals surface area contributed by atoms with Gasteiger partial charge in [-0.25, -0.2) is 9.97 Å². The van der Waals surface area contributed by atoms with Crippen LogP contribution in [0.15, 0.2) is 63.6 Å². The fraction of sp³-hybridized carbons (Fsp3) is 0.182. The summed E-state index contributed by atoms with van der Waals surface area (Å²) < 4.78 is 47.7. The van der Waals surface area contributed by atoms with E-state index in [1.165, 1.54) is 34.6 Å². The largest absolute Gasteiger partial charge is 0.467 e. The molecule has 1 aromatic carbocycles. The van der Waals surface area contributed by atoms with Gasteiger partial charge in [0.15, 0.2) is 0 Å². The summed E-state index contributed by atoms with van der Waals surface area (Å²) in [5.74, 6) is 0.162. The van der Waals surface area contributed by atoms with Gasteiger partial charge in [0.1, 0.15) is 10.6 Å². The van der Waals surface area contributed by atoms with Crippen LogP contribution in [0.1, 0.15) is 17.7 Å². The molecule has 5 rings (SSSR count). The molecule has 0 saturated heterocycles. The zero-order valence-electron chi connectivity index (χ0n) is 17.4. The Balaban J connectivity index is 1.41. The highest BCUT2D eigenvalue weighted by atomic mass is 32.1. The molecular weight excluding hydrogens is 471 g/mol. The number of fused-ring (bicyclic) bond motifs is 2. The molecule has 0 spiro atoms. The summed E-state index contributed by atoms with van der Waals surface area (Å²) in [6, 6.07) is 8.29. The smallest absolute Gasteiger partial charge is 0.416 e. The molecule has 4 heterocycles. The van der Waals surface area contributed by atoms with E-state index in [1.807, 2.05) is 0 Å². The molecule has 0 radical (unpaired) electrons. The van der Waals surface area contributed by atoms with Crippen molar-refractivity contribution in [3.05, 3.63) is 76.0 Å². The highest BCUT2D eigenvalue weighted by Gasteiger charge is 2.31. The van der Waals surface area contributed by atoms with E-state index in [9.17, 15) is 22.8 Å². The molecule has 0 unspecified atom stereocenters. The number of furan rings is 1. The van der Waals surface area contributed by atoms with Gasteiger partial charge in [-0.15, -0.1) is 11.3 Å². The van der Waals surface area contributed by atoms with E-state index >= 15 is 0 Å². The predicted octanol–water partition coefficient (Wildman–Crippen LogP) is 4.50. The topological polar surface area (TPSA) is 95.0 Å². The second-order valence-corrected chi connectivity index (χ2v) is 8.38. The monoisotopic (exact) mass is 487 g/mol. The van der Waals surface area contributed by atoms with Crippen molar-refractivity contribution < 1.29 is 22.4 Å². The standard InChI is InChI=1S/C22H16F3N5O3S/c23-22(24,25)13-3-4-17-16(10-13)27-21(30(17)11-14-2-1-8-33-14)28-18(31)5-7-29-12-26-19-15(20(29)32)6-9-34-19/h1-4,6,8-10,12H,5,7,11H2,(H,27,28,31). The molecule has 0 saturated carbocycles. The number of aryl methyl sites for hydroxylation is 1. The number of alkyl halides is 3. The molecule has 0 aliphatic carbocycles. The van der Waals surface area contributed by atoms with Gasteiger partial charge in [0, 0.05) is 13.0 Å². The van der Waals surface area contributed by atoms with Crippen molar-refractivity contribution in [1.29, 1.82) is 0 Å². The van der Waals surface area contributed by atoms with E-state index in [0.717, 1.165) is 12.1 Å². The third-order valence-corrected chi connectivity index (χ3v) is 6.07. The van der Waals surface area contributed by atoms with Crippen LogP contribution >= 0.6 is 11.3 Å². The van der Waals surface area contributed by atoms with Crippen molar-refractivity contribution >= 4 is 44.4 Å². The van der Waals surface area contributed by atoms with Gasteiger partial charge in [-0.05, 0) is 41.8 Å². The van der Waals surface area contributed by atoms with Crippen LogP contribution in [0.25, 0.3) is 21.3 Å². The summed E-state index contributed by atoms with van der Waals surface area (Å²) in [5, 5.41) is 4.90. The van der Waals surface area contributed by atoms with E-state index in [2.05, 4.69) is 15.3 Å². The van der Waals surface area contributed by atoms with Crippen LogP contribution in [0, 0.1) is 0 Å². The van der Waals surface area contributed by atoms with E-state index in [4.69, 9.17) is 4.42 Å². The Morgan fingerprint density at radius 1 is 1.21 bits per heavy atom. The average Bonchev–Trinajstić information content (AvgIpc) is 3.54. The van der Waals surface area contributed by atoms with Crippen LogP contribution in [0.3, 0.4) is 0 Å². The summed E-state index contributed by atoms with van der Waals surface area (Å²) in [7, 11) is 0. The molecule has 34 heavy (non-hydrogen) atoms. The van der Waals surface area contributed by atoms with Crippen molar-refractivity contribution in [1.82, 2.24) is 19.1 Å². The quantitative estimate of drug-likeness (QED) is 0.381. The summed E-state index contributed by atoms with van der Waals surface area (Å²) >= 11 is 1.35. The number of amides is 1. The third-order valence-electron chi connectivity index (χ3n) is 5.25. The van der Waals surface area contributed by atoms with Crippen LogP contribution in [0.5, 0.6) is 0 Å². The minimum Gasteiger partial charge on any atom is -0.467 e. The number of carbonyl (C=O) groups excluding carboxylic acids is 1. The predicted molar refractivity (Wildman–Crippen MR) is 120 cm³/mol. The van der Waals surface area contributed by atoms with Crippen LogP contribution in [0.2, 0.25) is 0 Å². The maximum Gasteiger partial charge on any atom is 0.416 e. The number of nitrogens with zero attached hydrogens (tertiary/aromatic N) is 4. The van der Waals surface area contributed by atoms with Gasteiger partial charge >= 0.3 is 6.18 Å². The molecule has 1 N–H and O–H groups in total. The lowest BCUT2D eigenvalue weighted by Gasteiger charge is -2.10. The lowest BCUT2D eigenvalue weighted by molar-refractivity contribution is -0.137. The molecule has 174 valence electrons. The second-order valence-electron chi connectivity index (χ2n) is 7.48. The van der Waals surface area contributed by atoms with Crippen molar-refractivity contribution in [2.24, 2.45) is 0 Å². The Morgan fingerprint density at radius 2 is 2.06 bits per heavy atom. The number of benzene rings is 1. The van der Waals surface area contributed by atoms with Gasteiger partial charge in [-0.3, -0.25) is 19.5 Å². The molecule has 4 aromatic heterocycles. The maximum absolute atomic E-state index is 13.2. The average molecular weight is 487 g/mol. The number of halogens is 3. The number of nitrogens with one attached hydrogen (secondary N) is 1. The molecule has 0 atom stereocenters. The minimum absolute atomic E-state index is 0.0605. The molecule has 12 heteroatoms. The first-order valence-electron chi connectivity index (χ1n) is 10.1. The SMILES string of the molecule is O=C(CCn1cnc2sccc2c1=O)Nc1nc2cc(C(F)(F)F)ccc2n1Cc1ccco1. The van der Waals surface area contributed by atoms with Gasteiger partial charge in [0.2, 0.25) is 11.9 Å². The van der Waals surface area contributed by atoms with Gasteiger partial charge < -0.3 is 8.98 Å². The molecule has 0 aliphatic rings. The number of hydrogen-bond donors (Lipinski definition) is 1. The molecule has 0 fully saturated rings. The number of aromatic nitrogens is 4. The lowest BCUT2D eigenvalue weighted by Crippen LogP contribution is -2.24. The van der Waals surface area contributed by atoms with Gasteiger partial charge in [-0.1, -0.05) is 0 Å². The minimum atomic E-state index is -4.52. The zero-order valence-corrected chi connectivity index (χ0v) is 18.2. The summed E-state index contributed by atoms with van der Waals surface area (Å²) in [5.41, 5.74) is -0.594.